The lowest BCUT2D eigenvalue weighted by Gasteiger charge is -2.23. The molecular formula is C15H10F2O4. The van der Waals surface area contributed by atoms with Gasteiger partial charge < -0.3 is 9.15 Å². The fourth-order valence-electron chi connectivity index (χ4n) is 2.44. The second kappa shape index (κ2) is 4.80. The van der Waals surface area contributed by atoms with Gasteiger partial charge in [-0.05, 0) is 24.6 Å². The van der Waals surface area contributed by atoms with Gasteiger partial charge in [0, 0.05) is 12.0 Å². The van der Waals surface area contributed by atoms with E-state index in [2.05, 4.69) is 0 Å². The Bertz CT molecular complexity index is 795. The molecular weight excluding hydrogens is 282 g/mol. The lowest BCUT2D eigenvalue weighted by molar-refractivity contribution is -0.135. The van der Waals surface area contributed by atoms with Crippen LogP contribution in [0.1, 0.15) is 29.2 Å². The summed E-state index contributed by atoms with van der Waals surface area (Å²) < 4.78 is 36.4. The van der Waals surface area contributed by atoms with Crippen LogP contribution in [-0.4, -0.2) is 5.97 Å². The van der Waals surface area contributed by atoms with E-state index >= 15 is 0 Å². The molecule has 0 N–H and O–H groups in total. The first-order valence-electron chi connectivity index (χ1n) is 6.26. The molecule has 1 aromatic carbocycles. The highest BCUT2D eigenvalue weighted by molar-refractivity contribution is 5.77. The molecule has 1 aliphatic rings. The summed E-state index contributed by atoms with van der Waals surface area (Å²) in [5.41, 5.74) is -0.179. The van der Waals surface area contributed by atoms with Crippen LogP contribution in [-0.2, 0) is 4.79 Å². The van der Waals surface area contributed by atoms with Gasteiger partial charge in [-0.3, -0.25) is 4.79 Å². The summed E-state index contributed by atoms with van der Waals surface area (Å²) in [4.78, 5) is 23.7. The number of benzene rings is 1. The maximum Gasteiger partial charge on any atom is 0.343 e. The van der Waals surface area contributed by atoms with E-state index in [0.29, 0.717) is 11.3 Å². The zero-order chi connectivity index (χ0) is 15.1. The highest BCUT2D eigenvalue weighted by atomic mass is 19.2. The number of aryl methyl sites for hydroxylation is 1. The van der Waals surface area contributed by atoms with Crippen molar-refractivity contribution >= 4 is 5.97 Å². The van der Waals surface area contributed by atoms with Crippen LogP contribution in [0.25, 0.3) is 0 Å². The summed E-state index contributed by atoms with van der Waals surface area (Å²) in [6.45, 7) is 1.55. The van der Waals surface area contributed by atoms with Gasteiger partial charge in [-0.1, -0.05) is 6.07 Å². The van der Waals surface area contributed by atoms with E-state index in [1.807, 2.05) is 0 Å². The van der Waals surface area contributed by atoms with E-state index in [9.17, 15) is 18.4 Å². The molecule has 1 aliphatic heterocycles. The maximum absolute atomic E-state index is 13.4. The minimum Gasteiger partial charge on any atom is -0.428 e. The van der Waals surface area contributed by atoms with Crippen molar-refractivity contribution in [3.8, 4) is 5.75 Å². The molecule has 0 bridgehead atoms. The maximum atomic E-state index is 13.4. The SMILES string of the molecule is Cc1cc2c(c(=O)o1)C(c1ccc(F)c(F)c1)CC(=O)O2. The Hall–Kier alpha value is -2.50. The minimum absolute atomic E-state index is 0.106. The van der Waals surface area contributed by atoms with Crippen molar-refractivity contribution < 1.29 is 22.7 Å². The molecule has 1 atom stereocenters. The quantitative estimate of drug-likeness (QED) is 0.758. The Morgan fingerprint density at radius 2 is 1.90 bits per heavy atom. The molecule has 0 fully saturated rings. The number of halogens is 2. The van der Waals surface area contributed by atoms with Crippen molar-refractivity contribution in [2.75, 3.05) is 0 Å². The standard InChI is InChI=1S/C15H10F2O4/c1-7-4-12-14(15(19)20-7)9(6-13(18)21-12)8-2-3-10(16)11(17)5-8/h2-5,9H,6H2,1H3. The van der Waals surface area contributed by atoms with Crippen molar-refractivity contribution in [2.45, 2.75) is 19.3 Å². The summed E-state index contributed by atoms with van der Waals surface area (Å²) in [6.07, 6.45) is -0.133. The first kappa shape index (κ1) is 13.5. The smallest absolute Gasteiger partial charge is 0.343 e. The predicted octanol–water partition coefficient (Wildman–Crippen LogP) is 2.67. The van der Waals surface area contributed by atoms with Crippen LogP contribution in [0.5, 0.6) is 5.75 Å². The van der Waals surface area contributed by atoms with Gasteiger partial charge in [-0.25, -0.2) is 13.6 Å². The van der Waals surface area contributed by atoms with Gasteiger partial charge in [-0.2, -0.15) is 0 Å². The third kappa shape index (κ3) is 2.33. The number of carbonyl (C=O) groups is 1. The second-order valence-electron chi connectivity index (χ2n) is 4.83. The van der Waals surface area contributed by atoms with Crippen molar-refractivity contribution in [1.82, 2.24) is 0 Å². The monoisotopic (exact) mass is 292 g/mol. The number of ether oxygens (including phenoxy) is 1. The van der Waals surface area contributed by atoms with Crippen molar-refractivity contribution in [3.05, 3.63) is 63.2 Å². The number of carbonyl (C=O) groups excluding carboxylic acids is 1. The van der Waals surface area contributed by atoms with E-state index in [1.54, 1.807) is 6.92 Å². The number of hydrogen-bond donors (Lipinski definition) is 0. The molecule has 0 spiro atoms. The Balaban J connectivity index is 2.19. The van der Waals surface area contributed by atoms with E-state index < -0.39 is 29.1 Å². The zero-order valence-corrected chi connectivity index (χ0v) is 11.0. The van der Waals surface area contributed by atoms with Crippen molar-refractivity contribution in [1.29, 1.82) is 0 Å². The highest BCUT2D eigenvalue weighted by Gasteiger charge is 2.32. The fourth-order valence-corrected chi connectivity index (χ4v) is 2.44. The van der Waals surface area contributed by atoms with Crippen LogP contribution >= 0.6 is 0 Å². The topological polar surface area (TPSA) is 56.5 Å². The zero-order valence-electron chi connectivity index (χ0n) is 11.0. The number of rotatable bonds is 1. The molecule has 0 radical (unpaired) electrons. The van der Waals surface area contributed by atoms with Gasteiger partial charge >= 0.3 is 11.6 Å². The van der Waals surface area contributed by atoms with Gasteiger partial charge in [0.1, 0.15) is 11.5 Å². The minimum atomic E-state index is -1.04. The molecule has 2 aromatic rings. The van der Waals surface area contributed by atoms with Gasteiger partial charge in [-0.15, -0.1) is 0 Å². The second-order valence-corrected chi connectivity index (χ2v) is 4.83. The lowest BCUT2D eigenvalue weighted by atomic mass is 9.87. The summed E-state index contributed by atoms with van der Waals surface area (Å²) in [7, 11) is 0. The van der Waals surface area contributed by atoms with Gasteiger partial charge in [0.15, 0.2) is 11.6 Å². The molecule has 3 rings (SSSR count). The number of esters is 1. The summed E-state index contributed by atoms with van der Waals surface area (Å²) in [5, 5.41) is 0. The van der Waals surface area contributed by atoms with E-state index in [1.165, 1.54) is 12.1 Å². The van der Waals surface area contributed by atoms with Gasteiger partial charge in [0.25, 0.3) is 0 Å². The normalized spacial score (nSPS) is 17.3. The molecule has 0 saturated heterocycles. The predicted molar refractivity (Wildman–Crippen MR) is 68.2 cm³/mol. The van der Waals surface area contributed by atoms with Crippen LogP contribution in [0.2, 0.25) is 0 Å². The highest BCUT2D eigenvalue weighted by Crippen LogP contribution is 2.37. The molecule has 6 heteroatoms. The van der Waals surface area contributed by atoms with Crippen LogP contribution in [0.15, 0.2) is 33.5 Å². The number of hydrogen-bond acceptors (Lipinski definition) is 4. The average molecular weight is 292 g/mol. The molecule has 0 saturated carbocycles. The molecule has 0 aliphatic carbocycles. The fraction of sp³-hybridized carbons (Fsp3) is 0.200. The summed E-state index contributed by atoms with van der Waals surface area (Å²) in [6, 6.07) is 4.70. The van der Waals surface area contributed by atoms with E-state index in [0.717, 1.165) is 12.1 Å². The van der Waals surface area contributed by atoms with E-state index in [4.69, 9.17) is 9.15 Å². The Labute approximate surface area is 118 Å². The lowest BCUT2D eigenvalue weighted by Crippen LogP contribution is -2.26. The molecule has 0 amide bonds. The van der Waals surface area contributed by atoms with Crippen LogP contribution < -0.4 is 10.4 Å². The largest absolute Gasteiger partial charge is 0.428 e. The first-order chi connectivity index (χ1) is 9.95. The van der Waals surface area contributed by atoms with Crippen LogP contribution in [0, 0.1) is 18.6 Å². The van der Waals surface area contributed by atoms with Crippen LogP contribution in [0.3, 0.4) is 0 Å². The third-order valence-corrected chi connectivity index (χ3v) is 3.36. The first-order valence-corrected chi connectivity index (χ1v) is 6.26. The summed E-state index contributed by atoms with van der Waals surface area (Å²) >= 11 is 0. The average Bonchev–Trinajstić information content (AvgIpc) is 2.40. The van der Waals surface area contributed by atoms with Crippen molar-refractivity contribution in [2.24, 2.45) is 0 Å². The summed E-state index contributed by atoms with van der Waals surface area (Å²) in [5.74, 6) is -2.87. The van der Waals surface area contributed by atoms with Crippen LogP contribution in [0.4, 0.5) is 8.78 Å². The van der Waals surface area contributed by atoms with E-state index in [-0.39, 0.29) is 17.7 Å². The number of fused-ring (bicyclic) bond motifs is 1. The molecule has 4 nitrogen and oxygen atoms in total. The molecule has 2 heterocycles. The Morgan fingerprint density at radius 3 is 2.62 bits per heavy atom. The van der Waals surface area contributed by atoms with Gasteiger partial charge in [0.05, 0.1) is 12.0 Å². The molecule has 1 unspecified atom stereocenters. The molecule has 1 aromatic heterocycles. The molecule has 21 heavy (non-hydrogen) atoms. The molecule has 108 valence electrons. The Morgan fingerprint density at radius 1 is 1.14 bits per heavy atom. The Kier molecular flexibility index (Phi) is 3.08. The van der Waals surface area contributed by atoms with Gasteiger partial charge in [0.2, 0.25) is 0 Å². The van der Waals surface area contributed by atoms with Crippen molar-refractivity contribution in [3.63, 3.8) is 0 Å². The third-order valence-electron chi connectivity index (χ3n) is 3.36.